The molecule has 7 heteroatoms. The van der Waals surface area contributed by atoms with Crippen molar-refractivity contribution in [3.05, 3.63) is 126 Å². The quantitative estimate of drug-likeness (QED) is 0.237. The van der Waals surface area contributed by atoms with Crippen molar-refractivity contribution in [3.63, 3.8) is 0 Å². The summed E-state index contributed by atoms with van der Waals surface area (Å²) in [5, 5.41) is 0. The van der Waals surface area contributed by atoms with Crippen molar-refractivity contribution in [1.82, 2.24) is 9.47 Å². The molecular formula is C28H25F3N2OS. The molecule has 0 radical (unpaired) electrons. The highest BCUT2D eigenvalue weighted by Gasteiger charge is 2.30. The normalized spacial score (nSPS) is 11.4. The van der Waals surface area contributed by atoms with Gasteiger partial charge in [-0.2, -0.15) is 13.2 Å². The third-order valence-electron chi connectivity index (χ3n) is 5.56. The molecule has 1 amide bonds. The number of hydrogen-bond acceptors (Lipinski definition) is 2. The summed E-state index contributed by atoms with van der Waals surface area (Å²) in [5.74, 6) is 0.292. The maximum atomic E-state index is 13.2. The van der Waals surface area contributed by atoms with Crippen LogP contribution in [0.3, 0.4) is 0 Å². The Balaban J connectivity index is 1.51. The van der Waals surface area contributed by atoms with Crippen LogP contribution in [0, 0.1) is 0 Å². The molecule has 180 valence electrons. The summed E-state index contributed by atoms with van der Waals surface area (Å²) in [6.07, 6.45) is -2.55. The molecular weight excluding hydrogens is 469 g/mol. The van der Waals surface area contributed by atoms with Crippen LogP contribution in [0.4, 0.5) is 13.2 Å². The average molecular weight is 495 g/mol. The summed E-state index contributed by atoms with van der Waals surface area (Å²) in [6, 6.07) is 28.6. The number of alkyl halides is 3. The van der Waals surface area contributed by atoms with Gasteiger partial charge in [0, 0.05) is 29.9 Å². The van der Waals surface area contributed by atoms with Crippen LogP contribution in [0.15, 0.2) is 108 Å². The Bertz CT molecular complexity index is 1240. The number of halogens is 3. The van der Waals surface area contributed by atoms with Gasteiger partial charge < -0.3 is 9.47 Å². The maximum Gasteiger partial charge on any atom is 0.416 e. The number of nitrogens with zero attached hydrogens (tertiary/aromatic N) is 2. The Hall–Kier alpha value is -3.45. The van der Waals surface area contributed by atoms with Crippen LogP contribution < -0.4 is 0 Å². The van der Waals surface area contributed by atoms with E-state index in [1.807, 2.05) is 83.6 Å². The van der Waals surface area contributed by atoms with Gasteiger partial charge in [0.05, 0.1) is 17.9 Å². The van der Waals surface area contributed by atoms with Crippen LogP contribution in [0.2, 0.25) is 0 Å². The molecule has 3 aromatic carbocycles. The Morgan fingerprint density at radius 2 is 1.49 bits per heavy atom. The SMILES string of the molecule is O=C(CSc1ccccc1)N(Cc1ccccc1)Cc1cccn1Cc1cccc(C(F)(F)F)c1. The van der Waals surface area contributed by atoms with Crippen molar-refractivity contribution >= 4 is 17.7 Å². The molecule has 0 N–H and O–H groups in total. The summed E-state index contributed by atoms with van der Waals surface area (Å²) in [4.78, 5) is 16.1. The summed E-state index contributed by atoms with van der Waals surface area (Å²) >= 11 is 1.49. The van der Waals surface area contributed by atoms with Crippen molar-refractivity contribution in [2.75, 3.05) is 5.75 Å². The number of amides is 1. The molecule has 0 unspecified atom stereocenters. The number of hydrogen-bond donors (Lipinski definition) is 0. The van der Waals surface area contributed by atoms with E-state index in [4.69, 9.17) is 0 Å². The molecule has 4 aromatic rings. The fourth-order valence-electron chi connectivity index (χ4n) is 3.77. The zero-order valence-corrected chi connectivity index (χ0v) is 19.8. The molecule has 0 fully saturated rings. The van der Waals surface area contributed by atoms with Crippen LogP contribution in [0.1, 0.15) is 22.4 Å². The number of benzene rings is 3. The Kier molecular flexibility index (Phi) is 7.98. The summed E-state index contributed by atoms with van der Waals surface area (Å²) in [5.41, 5.74) is 1.76. The lowest BCUT2D eigenvalue weighted by Crippen LogP contribution is -2.32. The van der Waals surface area contributed by atoms with Crippen molar-refractivity contribution in [3.8, 4) is 0 Å². The molecule has 0 spiro atoms. The fourth-order valence-corrected chi connectivity index (χ4v) is 4.60. The van der Waals surface area contributed by atoms with Crippen LogP contribution in [0.25, 0.3) is 0 Å². The zero-order valence-electron chi connectivity index (χ0n) is 19.0. The summed E-state index contributed by atoms with van der Waals surface area (Å²) in [6.45, 7) is 1.09. The number of carbonyl (C=O) groups is 1. The first-order valence-corrected chi connectivity index (χ1v) is 12.2. The molecule has 3 nitrogen and oxygen atoms in total. The second-order valence-corrected chi connectivity index (χ2v) is 9.21. The van der Waals surface area contributed by atoms with Crippen molar-refractivity contribution in [1.29, 1.82) is 0 Å². The highest BCUT2D eigenvalue weighted by molar-refractivity contribution is 8.00. The standard InChI is InChI=1S/C28H25F3N2OS/c29-28(30,31)24-12-7-11-23(17-24)19-32-16-8-13-25(32)20-33(18-22-9-3-1-4-10-22)27(34)21-35-26-14-5-2-6-15-26/h1-17H,18-21H2. The second-order valence-electron chi connectivity index (χ2n) is 8.16. The lowest BCUT2D eigenvalue weighted by molar-refractivity contribution is -0.137. The molecule has 0 aliphatic heterocycles. The number of thioether (sulfide) groups is 1. The van der Waals surface area contributed by atoms with Crippen LogP contribution in [-0.2, 0) is 30.6 Å². The maximum absolute atomic E-state index is 13.2. The van der Waals surface area contributed by atoms with E-state index >= 15 is 0 Å². The average Bonchev–Trinajstić information content (AvgIpc) is 3.29. The lowest BCUT2D eigenvalue weighted by atomic mass is 10.1. The smallest absolute Gasteiger partial charge is 0.345 e. The molecule has 1 heterocycles. The summed E-state index contributed by atoms with van der Waals surface area (Å²) < 4.78 is 41.3. The number of rotatable bonds is 9. The second kappa shape index (κ2) is 11.3. The van der Waals surface area contributed by atoms with Gasteiger partial charge in [0.2, 0.25) is 5.91 Å². The molecule has 0 aliphatic rings. The lowest BCUT2D eigenvalue weighted by Gasteiger charge is -2.24. The largest absolute Gasteiger partial charge is 0.416 e. The van der Waals surface area contributed by atoms with Gasteiger partial charge in [-0.05, 0) is 47.5 Å². The Morgan fingerprint density at radius 1 is 0.800 bits per heavy atom. The third kappa shape index (κ3) is 7.02. The molecule has 0 atom stereocenters. The molecule has 0 saturated heterocycles. The molecule has 0 aliphatic carbocycles. The van der Waals surface area contributed by atoms with E-state index in [2.05, 4.69) is 0 Å². The van der Waals surface area contributed by atoms with E-state index in [-0.39, 0.29) is 5.91 Å². The third-order valence-corrected chi connectivity index (χ3v) is 6.55. The molecule has 4 rings (SSSR count). The minimum atomic E-state index is -4.38. The van der Waals surface area contributed by atoms with Gasteiger partial charge in [-0.15, -0.1) is 11.8 Å². The number of carbonyl (C=O) groups excluding carboxylic acids is 1. The minimum Gasteiger partial charge on any atom is -0.345 e. The van der Waals surface area contributed by atoms with Gasteiger partial charge in [0.15, 0.2) is 0 Å². The van der Waals surface area contributed by atoms with Crippen LogP contribution in [-0.4, -0.2) is 21.1 Å². The minimum absolute atomic E-state index is 0.00507. The molecule has 0 bridgehead atoms. The predicted molar refractivity (Wildman–Crippen MR) is 133 cm³/mol. The fraction of sp³-hybridized carbons (Fsp3) is 0.179. The predicted octanol–water partition coefficient (Wildman–Crippen LogP) is 6.88. The van der Waals surface area contributed by atoms with Crippen LogP contribution in [0.5, 0.6) is 0 Å². The van der Waals surface area contributed by atoms with Gasteiger partial charge in [-0.25, -0.2) is 0 Å². The molecule has 0 saturated carbocycles. The highest BCUT2D eigenvalue weighted by atomic mass is 32.2. The monoisotopic (exact) mass is 494 g/mol. The van der Waals surface area contributed by atoms with Crippen molar-refractivity contribution in [2.45, 2.75) is 30.7 Å². The van der Waals surface area contributed by atoms with Gasteiger partial charge >= 0.3 is 6.18 Å². The highest BCUT2D eigenvalue weighted by Crippen LogP contribution is 2.30. The van der Waals surface area contributed by atoms with E-state index in [1.54, 1.807) is 11.0 Å². The van der Waals surface area contributed by atoms with Gasteiger partial charge in [0.1, 0.15) is 0 Å². The molecule has 1 aromatic heterocycles. The first kappa shape index (κ1) is 24.7. The zero-order chi connectivity index (χ0) is 24.7. The van der Waals surface area contributed by atoms with E-state index in [0.29, 0.717) is 31.0 Å². The van der Waals surface area contributed by atoms with E-state index < -0.39 is 11.7 Å². The van der Waals surface area contributed by atoms with E-state index in [1.165, 1.54) is 23.9 Å². The van der Waals surface area contributed by atoms with E-state index in [9.17, 15) is 18.0 Å². The topological polar surface area (TPSA) is 25.2 Å². The van der Waals surface area contributed by atoms with Gasteiger partial charge in [-0.3, -0.25) is 4.79 Å². The van der Waals surface area contributed by atoms with Gasteiger partial charge in [0.25, 0.3) is 0 Å². The number of aromatic nitrogens is 1. The van der Waals surface area contributed by atoms with Crippen molar-refractivity contribution in [2.24, 2.45) is 0 Å². The molecule has 35 heavy (non-hydrogen) atoms. The Morgan fingerprint density at radius 3 is 2.20 bits per heavy atom. The van der Waals surface area contributed by atoms with E-state index in [0.717, 1.165) is 22.2 Å². The summed E-state index contributed by atoms with van der Waals surface area (Å²) in [7, 11) is 0. The first-order chi connectivity index (χ1) is 16.9. The van der Waals surface area contributed by atoms with Crippen LogP contribution >= 0.6 is 11.8 Å². The van der Waals surface area contributed by atoms with Gasteiger partial charge in [-0.1, -0.05) is 60.7 Å². The first-order valence-electron chi connectivity index (χ1n) is 11.2. The van der Waals surface area contributed by atoms with Crippen molar-refractivity contribution < 1.29 is 18.0 Å². The Labute approximate surface area is 207 Å².